The zero-order valence-electron chi connectivity index (χ0n) is 14.3. The lowest BCUT2D eigenvalue weighted by Crippen LogP contribution is -2.33. The van der Waals surface area contributed by atoms with Crippen molar-refractivity contribution in [3.05, 3.63) is 53.9 Å². The van der Waals surface area contributed by atoms with E-state index in [4.69, 9.17) is 0 Å². The number of aromatic nitrogens is 2. The number of nitrogens with one attached hydrogen (secondary N) is 1. The number of carbonyl (C=O) groups is 1. The molecule has 0 bridgehead atoms. The van der Waals surface area contributed by atoms with E-state index in [-0.39, 0.29) is 5.91 Å². The average Bonchev–Trinajstić information content (AvgIpc) is 3.12. The summed E-state index contributed by atoms with van der Waals surface area (Å²) in [6, 6.07) is 12.3. The summed E-state index contributed by atoms with van der Waals surface area (Å²) in [6.07, 6.45) is 5.15. The minimum absolute atomic E-state index is 0.0169. The van der Waals surface area contributed by atoms with Crippen LogP contribution in [0, 0.1) is 0 Å². The van der Waals surface area contributed by atoms with Gasteiger partial charge in [0, 0.05) is 25.8 Å². The molecule has 1 aromatic heterocycles. The topological polar surface area (TPSA) is 50.2 Å². The van der Waals surface area contributed by atoms with Gasteiger partial charge in [0.25, 0.3) is 5.91 Å². The molecule has 5 nitrogen and oxygen atoms in total. The molecule has 24 heavy (non-hydrogen) atoms. The Bertz CT molecular complexity index is 646. The molecular formula is C19H26N4O. The van der Waals surface area contributed by atoms with E-state index in [1.165, 1.54) is 0 Å². The molecule has 1 unspecified atom stereocenters. The zero-order valence-corrected chi connectivity index (χ0v) is 14.3. The monoisotopic (exact) mass is 326 g/mol. The zero-order chi connectivity index (χ0) is 16.8. The highest BCUT2D eigenvalue weighted by molar-refractivity contribution is 5.92. The van der Waals surface area contributed by atoms with Gasteiger partial charge in [0.2, 0.25) is 0 Å². The number of nitrogens with zero attached hydrogens (tertiary/aromatic N) is 3. The SMILES string of the molecule is CCCN(Cc1ccccc1)C(=O)c1ccn(C2CCCNC2)n1. The smallest absolute Gasteiger partial charge is 0.274 e. The van der Waals surface area contributed by atoms with E-state index < -0.39 is 0 Å². The van der Waals surface area contributed by atoms with Crippen LogP contribution < -0.4 is 5.32 Å². The first-order valence-corrected chi connectivity index (χ1v) is 8.87. The van der Waals surface area contributed by atoms with Gasteiger partial charge >= 0.3 is 0 Å². The molecule has 128 valence electrons. The highest BCUT2D eigenvalue weighted by Gasteiger charge is 2.21. The number of rotatable bonds is 6. The fourth-order valence-corrected chi connectivity index (χ4v) is 3.20. The van der Waals surface area contributed by atoms with Crippen molar-refractivity contribution in [3.63, 3.8) is 0 Å². The molecule has 1 aromatic carbocycles. The molecule has 1 fully saturated rings. The summed E-state index contributed by atoms with van der Waals surface area (Å²) < 4.78 is 1.95. The Morgan fingerprint density at radius 1 is 1.33 bits per heavy atom. The van der Waals surface area contributed by atoms with Crippen molar-refractivity contribution in [1.82, 2.24) is 20.0 Å². The van der Waals surface area contributed by atoms with E-state index in [1.807, 2.05) is 40.0 Å². The molecule has 3 rings (SSSR count). The molecule has 0 saturated carbocycles. The minimum Gasteiger partial charge on any atom is -0.333 e. The summed E-state index contributed by atoms with van der Waals surface area (Å²) in [5.41, 5.74) is 1.69. The largest absolute Gasteiger partial charge is 0.333 e. The van der Waals surface area contributed by atoms with E-state index in [9.17, 15) is 4.79 Å². The number of hydrogen-bond acceptors (Lipinski definition) is 3. The Morgan fingerprint density at radius 2 is 2.17 bits per heavy atom. The summed E-state index contributed by atoms with van der Waals surface area (Å²) in [5.74, 6) is 0.0169. The lowest BCUT2D eigenvalue weighted by atomic mass is 10.1. The first-order chi connectivity index (χ1) is 11.8. The maximum absolute atomic E-state index is 12.9. The van der Waals surface area contributed by atoms with Gasteiger partial charge in [-0.05, 0) is 37.4 Å². The third kappa shape index (κ3) is 4.03. The highest BCUT2D eigenvalue weighted by Crippen LogP contribution is 2.17. The van der Waals surface area contributed by atoms with E-state index in [0.717, 1.165) is 44.5 Å². The maximum Gasteiger partial charge on any atom is 0.274 e. The molecule has 1 saturated heterocycles. The van der Waals surface area contributed by atoms with Crippen LogP contribution in [-0.4, -0.2) is 40.2 Å². The standard InChI is InChI=1S/C19H26N4O/c1-2-12-22(15-16-7-4-3-5-8-16)19(24)18-10-13-23(21-18)17-9-6-11-20-14-17/h3-5,7-8,10,13,17,20H,2,6,9,11-12,14-15H2,1H3. The lowest BCUT2D eigenvalue weighted by molar-refractivity contribution is 0.0735. The number of piperidine rings is 1. The van der Waals surface area contributed by atoms with E-state index >= 15 is 0 Å². The van der Waals surface area contributed by atoms with Crippen molar-refractivity contribution in [3.8, 4) is 0 Å². The van der Waals surface area contributed by atoms with Crippen LogP contribution in [0.15, 0.2) is 42.6 Å². The maximum atomic E-state index is 12.9. The van der Waals surface area contributed by atoms with Gasteiger partial charge in [0.1, 0.15) is 5.69 Å². The predicted octanol–water partition coefficient (Wildman–Crippen LogP) is 2.86. The summed E-state index contributed by atoms with van der Waals surface area (Å²) in [4.78, 5) is 14.8. The lowest BCUT2D eigenvalue weighted by Gasteiger charge is -2.23. The van der Waals surface area contributed by atoms with Crippen LogP contribution in [0.4, 0.5) is 0 Å². The number of hydrogen-bond donors (Lipinski definition) is 1. The van der Waals surface area contributed by atoms with Crippen molar-refractivity contribution in [1.29, 1.82) is 0 Å². The van der Waals surface area contributed by atoms with Crippen LogP contribution in [0.3, 0.4) is 0 Å². The predicted molar refractivity (Wildman–Crippen MR) is 94.8 cm³/mol. The third-order valence-corrected chi connectivity index (χ3v) is 4.47. The van der Waals surface area contributed by atoms with Gasteiger partial charge in [0.15, 0.2) is 0 Å². The van der Waals surface area contributed by atoms with Crippen molar-refractivity contribution >= 4 is 5.91 Å². The molecule has 1 aliphatic rings. The van der Waals surface area contributed by atoms with Crippen molar-refractivity contribution in [2.24, 2.45) is 0 Å². The van der Waals surface area contributed by atoms with Crippen molar-refractivity contribution < 1.29 is 4.79 Å². The van der Waals surface area contributed by atoms with Crippen LogP contribution in [0.2, 0.25) is 0 Å². The van der Waals surface area contributed by atoms with Gasteiger partial charge in [-0.25, -0.2) is 0 Å². The van der Waals surface area contributed by atoms with Crippen molar-refractivity contribution in [2.75, 3.05) is 19.6 Å². The fourth-order valence-electron chi connectivity index (χ4n) is 3.20. The number of amides is 1. The van der Waals surface area contributed by atoms with Crippen molar-refractivity contribution in [2.45, 2.75) is 38.8 Å². The fraction of sp³-hybridized carbons (Fsp3) is 0.474. The summed E-state index contributed by atoms with van der Waals surface area (Å²) in [7, 11) is 0. The average molecular weight is 326 g/mol. The number of carbonyl (C=O) groups excluding carboxylic acids is 1. The van der Waals surface area contributed by atoms with Crippen LogP contribution in [-0.2, 0) is 6.54 Å². The van der Waals surface area contributed by atoms with Crippen LogP contribution in [0.25, 0.3) is 0 Å². The molecule has 1 atom stereocenters. The normalized spacial score (nSPS) is 17.6. The Morgan fingerprint density at radius 3 is 2.88 bits per heavy atom. The summed E-state index contributed by atoms with van der Waals surface area (Å²) >= 11 is 0. The first kappa shape index (κ1) is 16.7. The molecule has 1 aliphatic heterocycles. The second kappa shape index (κ2) is 8.11. The van der Waals surface area contributed by atoms with Crippen LogP contribution >= 0.6 is 0 Å². The van der Waals surface area contributed by atoms with E-state index in [0.29, 0.717) is 18.3 Å². The minimum atomic E-state index is 0.0169. The second-order valence-electron chi connectivity index (χ2n) is 6.39. The Labute approximate surface area is 143 Å². The first-order valence-electron chi connectivity index (χ1n) is 8.87. The Hall–Kier alpha value is -2.14. The van der Waals surface area contributed by atoms with Gasteiger partial charge in [-0.3, -0.25) is 9.48 Å². The van der Waals surface area contributed by atoms with E-state index in [2.05, 4.69) is 29.5 Å². The summed E-state index contributed by atoms with van der Waals surface area (Å²) in [6.45, 7) is 5.47. The molecule has 0 spiro atoms. The molecule has 1 N–H and O–H groups in total. The molecule has 5 heteroatoms. The van der Waals surface area contributed by atoms with Gasteiger partial charge < -0.3 is 10.2 Å². The van der Waals surface area contributed by atoms with Gasteiger partial charge in [-0.1, -0.05) is 37.3 Å². The molecule has 2 heterocycles. The van der Waals surface area contributed by atoms with Gasteiger partial charge in [-0.2, -0.15) is 5.10 Å². The molecule has 0 aliphatic carbocycles. The molecule has 1 amide bonds. The van der Waals surface area contributed by atoms with E-state index in [1.54, 1.807) is 0 Å². The molecule has 0 radical (unpaired) electrons. The molecular weight excluding hydrogens is 300 g/mol. The molecule has 2 aromatic rings. The van der Waals surface area contributed by atoms with Crippen LogP contribution in [0.5, 0.6) is 0 Å². The second-order valence-corrected chi connectivity index (χ2v) is 6.39. The highest BCUT2D eigenvalue weighted by atomic mass is 16.2. The van der Waals surface area contributed by atoms with Crippen LogP contribution in [0.1, 0.15) is 48.3 Å². The Kier molecular flexibility index (Phi) is 5.64. The third-order valence-electron chi connectivity index (χ3n) is 4.47. The quantitative estimate of drug-likeness (QED) is 0.888. The van der Waals surface area contributed by atoms with Gasteiger partial charge in [0.05, 0.1) is 6.04 Å². The number of benzene rings is 1. The summed E-state index contributed by atoms with van der Waals surface area (Å²) in [5, 5.41) is 7.96. The van der Waals surface area contributed by atoms with Gasteiger partial charge in [-0.15, -0.1) is 0 Å². The Balaban J connectivity index is 1.71.